The van der Waals surface area contributed by atoms with Crippen LogP contribution in [0.3, 0.4) is 0 Å². The zero-order valence-corrected chi connectivity index (χ0v) is 12.8. The van der Waals surface area contributed by atoms with Crippen LogP contribution in [0.4, 0.5) is 16.2 Å². The first-order valence-electron chi connectivity index (χ1n) is 6.55. The average molecular weight is 332 g/mol. The predicted molar refractivity (Wildman–Crippen MR) is 84.4 cm³/mol. The molecular weight excluding hydrogens is 316 g/mol. The Balaban J connectivity index is 2.01. The Kier molecular flexibility index (Phi) is 5.78. The van der Waals surface area contributed by atoms with Crippen LogP contribution in [0.1, 0.15) is 12.8 Å². The molecule has 5 nitrogen and oxygen atoms in total. The van der Waals surface area contributed by atoms with Gasteiger partial charge in [0.1, 0.15) is 16.7 Å². The maximum Gasteiger partial charge on any atom is 0.225 e. The van der Waals surface area contributed by atoms with Gasteiger partial charge in [0.15, 0.2) is 0 Å². The largest absolute Gasteiger partial charge is 0.369 e. The molecule has 0 aliphatic heterocycles. The van der Waals surface area contributed by atoms with Crippen LogP contribution in [0, 0.1) is 0 Å². The molecule has 0 spiro atoms. The van der Waals surface area contributed by atoms with Crippen LogP contribution >= 0.6 is 23.2 Å². The van der Waals surface area contributed by atoms with E-state index in [1.54, 1.807) is 6.08 Å². The lowest BCUT2D eigenvalue weighted by molar-refractivity contribution is 0.640. The Labute approximate surface area is 132 Å². The fourth-order valence-electron chi connectivity index (χ4n) is 1.78. The quantitative estimate of drug-likeness (QED) is 0.698. The van der Waals surface area contributed by atoms with Crippen molar-refractivity contribution in [3.8, 4) is 0 Å². The maximum absolute atomic E-state index is 13.1. The van der Waals surface area contributed by atoms with E-state index in [1.807, 2.05) is 0 Å². The summed E-state index contributed by atoms with van der Waals surface area (Å²) in [5, 5.41) is 6.78. The van der Waals surface area contributed by atoms with Crippen molar-refractivity contribution in [2.45, 2.75) is 18.9 Å². The van der Waals surface area contributed by atoms with Gasteiger partial charge in [-0.3, -0.25) is 0 Å². The number of halogens is 3. The molecule has 0 radical (unpaired) electrons. The summed E-state index contributed by atoms with van der Waals surface area (Å²) in [6, 6.07) is -0.157. The fourth-order valence-corrected chi connectivity index (χ4v) is 2.17. The molecule has 21 heavy (non-hydrogen) atoms. The van der Waals surface area contributed by atoms with Crippen LogP contribution in [0.5, 0.6) is 0 Å². The van der Waals surface area contributed by atoms with E-state index in [0.717, 1.165) is 6.42 Å². The molecule has 1 heterocycles. The smallest absolute Gasteiger partial charge is 0.225 e. The summed E-state index contributed by atoms with van der Waals surface area (Å²) < 4.78 is 13.1. The zero-order valence-electron chi connectivity index (χ0n) is 11.2. The first-order valence-corrected chi connectivity index (χ1v) is 7.31. The second-order valence-corrected chi connectivity index (χ2v) is 5.39. The van der Waals surface area contributed by atoms with Crippen molar-refractivity contribution in [1.82, 2.24) is 9.97 Å². The van der Waals surface area contributed by atoms with Crippen LogP contribution in [0.2, 0.25) is 5.02 Å². The molecule has 0 saturated heterocycles. The molecule has 0 saturated carbocycles. The maximum atomic E-state index is 13.1. The highest BCUT2D eigenvalue weighted by atomic mass is 35.5. The molecule has 1 unspecified atom stereocenters. The Bertz CT molecular complexity index is 561. The van der Waals surface area contributed by atoms with E-state index >= 15 is 0 Å². The van der Waals surface area contributed by atoms with Gasteiger partial charge in [-0.1, -0.05) is 29.3 Å². The molecular formula is C13H16Cl2FN5. The van der Waals surface area contributed by atoms with E-state index in [0.29, 0.717) is 36.3 Å². The van der Waals surface area contributed by atoms with Crippen molar-refractivity contribution in [2.75, 3.05) is 23.7 Å². The Morgan fingerprint density at radius 1 is 1.43 bits per heavy atom. The summed E-state index contributed by atoms with van der Waals surface area (Å²) in [6.07, 6.45) is 5.69. The highest BCUT2D eigenvalue weighted by molar-refractivity contribution is 6.32. The standard InChI is InChI=1S/C13H16Cl2FN5/c14-9-6-8(2-3-11(9)16)20-13-19-7-10(15)12(21-13)18-5-1-4-17/h2-3,7-8H,1,4-6,17H2,(H2,18,19,20,21). The summed E-state index contributed by atoms with van der Waals surface area (Å²) in [6.45, 7) is 1.26. The summed E-state index contributed by atoms with van der Waals surface area (Å²) in [4.78, 5) is 8.39. The number of nitrogens with zero attached hydrogens (tertiary/aromatic N) is 2. The van der Waals surface area contributed by atoms with Crippen molar-refractivity contribution >= 4 is 35.0 Å². The molecule has 8 heteroatoms. The molecule has 0 aromatic carbocycles. The molecule has 4 N–H and O–H groups in total. The van der Waals surface area contributed by atoms with Crippen LogP contribution in [-0.2, 0) is 0 Å². The topological polar surface area (TPSA) is 75.9 Å². The average Bonchev–Trinajstić information content (AvgIpc) is 2.46. The number of hydrogen-bond acceptors (Lipinski definition) is 5. The molecule has 0 bridgehead atoms. The lowest BCUT2D eigenvalue weighted by atomic mass is 10.1. The number of aromatic nitrogens is 2. The second-order valence-electron chi connectivity index (χ2n) is 4.53. The molecule has 1 aromatic heterocycles. The molecule has 0 fully saturated rings. The van der Waals surface area contributed by atoms with E-state index in [2.05, 4.69) is 20.6 Å². The number of nitrogens with two attached hydrogens (primary N) is 1. The van der Waals surface area contributed by atoms with Gasteiger partial charge < -0.3 is 16.4 Å². The minimum Gasteiger partial charge on any atom is -0.369 e. The first kappa shape index (κ1) is 16.0. The lowest BCUT2D eigenvalue weighted by Gasteiger charge is -2.18. The van der Waals surface area contributed by atoms with E-state index < -0.39 is 5.83 Å². The predicted octanol–water partition coefficient (Wildman–Crippen LogP) is 3.05. The normalized spacial score (nSPS) is 18.0. The van der Waals surface area contributed by atoms with E-state index in [-0.39, 0.29) is 11.1 Å². The van der Waals surface area contributed by atoms with Gasteiger partial charge >= 0.3 is 0 Å². The molecule has 1 aliphatic carbocycles. The third kappa shape index (κ3) is 4.56. The van der Waals surface area contributed by atoms with Gasteiger partial charge in [0, 0.05) is 13.0 Å². The van der Waals surface area contributed by atoms with Gasteiger partial charge in [0.25, 0.3) is 0 Å². The molecule has 114 valence electrons. The number of rotatable bonds is 6. The van der Waals surface area contributed by atoms with Crippen LogP contribution < -0.4 is 16.4 Å². The third-order valence-corrected chi connectivity index (χ3v) is 3.48. The van der Waals surface area contributed by atoms with Crippen LogP contribution in [-0.4, -0.2) is 29.1 Å². The molecule has 1 aromatic rings. The van der Waals surface area contributed by atoms with Gasteiger partial charge in [0.2, 0.25) is 5.95 Å². The van der Waals surface area contributed by atoms with Gasteiger partial charge in [-0.2, -0.15) is 4.98 Å². The Morgan fingerprint density at radius 2 is 2.24 bits per heavy atom. The third-order valence-electron chi connectivity index (χ3n) is 2.87. The molecule has 1 atom stereocenters. The minimum atomic E-state index is -0.407. The SMILES string of the molecule is NCCCNc1nc(NC2C=CC(F)=C(Cl)C2)ncc1Cl. The molecule has 0 amide bonds. The molecule has 2 rings (SSSR count). The monoisotopic (exact) mass is 331 g/mol. The summed E-state index contributed by atoms with van der Waals surface area (Å²) in [5.74, 6) is 0.530. The minimum absolute atomic E-state index is 0.157. The number of anilines is 2. The van der Waals surface area contributed by atoms with E-state index in [4.69, 9.17) is 28.9 Å². The van der Waals surface area contributed by atoms with Gasteiger partial charge in [-0.15, -0.1) is 0 Å². The van der Waals surface area contributed by atoms with Crippen molar-refractivity contribution < 1.29 is 4.39 Å². The lowest BCUT2D eigenvalue weighted by Crippen LogP contribution is -2.21. The van der Waals surface area contributed by atoms with E-state index in [9.17, 15) is 4.39 Å². The van der Waals surface area contributed by atoms with Crippen LogP contribution in [0.25, 0.3) is 0 Å². The number of allylic oxidation sites excluding steroid dienone is 2. The van der Waals surface area contributed by atoms with Crippen molar-refractivity contribution in [3.63, 3.8) is 0 Å². The number of nitrogens with one attached hydrogen (secondary N) is 2. The van der Waals surface area contributed by atoms with Crippen molar-refractivity contribution in [3.05, 3.63) is 34.2 Å². The number of hydrogen-bond donors (Lipinski definition) is 3. The van der Waals surface area contributed by atoms with E-state index in [1.165, 1.54) is 12.3 Å². The highest BCUT2D eigenvalue weighted by Gasteiger charge is 2.16. The van der Waals surface area contributed by atoms with Gasteiger partial charge in [-0.05, 0) is 19.0 Å². The van der Waals surface area contributed by atoms with Gasteiger partial charge in [-0.25, -0.2) is 9.37 Å². The highest BCUT2D eigenvalue weighted by Crippen LogP contribution is 2.26. The summed E-state index contributed by atoms with van der Waals surface area (Å²) in [7, 11) is 0. The van der Waals surface area contributed by atoms with Gasteiger partial charge in [0.05, 0.1) is 17.3 Å². The first-order chi connectivity index (χ1) is 10.1. The van der Waals surface area contributed by atoms with Crippen molar-refractivity contribution in [1.29, 1.82) is 0 Å². The van der Waals surface area contributed by atoms with Crippen LogP contribution in [0.15, 0.2) is 29.2 Å². The fraction of sp³-hybridized carbons (Fsp3) is 0.385. The Morgan fingerprint density at radius 3 is 2.95 bits per heavy atom. The zero-order chi connectivity index (χ0) is 15.2. The molecule has 1 aliphatic rings. The van der Waals surface area contributed by atoms with Crippen molar-refractivity contribution in [2.24, 2.45) is 5.73 Å². The Hall–Kier alpha value is -1.37. The second kappa shape index (κ2) is 7.59. The summed E-state index contributed by atoms with van der Waals surface area (Å²) >= 11 is 11.8. The summed E-state index contributed by atoms with van der Waals surface area (Å²) in [5.41, 5.74) is 5.44.